The van der Waals surface area contributed by atoms with Crippen molar-refractivity contribution >= 4 is 24.4 Å². The molecule has 134 valence electrons. The van der Waals surface area contributed by atoms with Crippen LogP contribution in [0.5, 0.6) is 0 Å². The summed E-state index contributed by atoms with van der Waals surface area (Å²) in [6, 6.07) is 16.6. The summed E-state index contributed by atoms with van der Waals surface area (Å²) in [5.74, 6) is 0.142. The molecule has 0 bridgehead atoms. The van der Waals surface area contributed by atoms with E-state index in [2.05, 4.69) is 23.3 Å². The molecule has 5 heteroatoms. The van der Waals surface area contributed by atoms with E-state index in [1.54, 1.807) is 10.9 Å². The Morgan fingerprint density at radius 1 is 1.07 bits per heavy atom. The molecule has 0 saturated heterocycles. The summed E-state index contributed by atoms with van der Waals surface area (Å²) < 4.78 is 15.2. The Balaban J connectivity index is 1.92. The minimum absolute atomic E-state index is 0.273. The first-order valence-corrected chi connectivity index (χ1v) is 8.64. The number of hydrogen-bond donors (Lipinski definition) is 1. The minimum atomic E-state index is -0.485. The van der Waals surface area contributed by atoms with Gasteiger partial charge in [-0.1, -0.05) is 54.6 Å². The van der Waals surface area contributed by atoms with Crippen LogP contribution in [0.3, 0.4) is 0 Å². The number of halogens is 1. The van der Waals surface area contributed by atoms with Gasteiger partial charge in [0.25, 0.3) is 0 Å². The molecule has 0 aliphatic heterocycles. The number of anilines is 1. The predicted molar refractivity (Wildman–Crippen MR) is 104 cm³/mol. The van der Waals surface area contributed by atoms with E-state index < -0.39 is 5.41 Å². The number of nitrogens with two attached hydrogens (primary N) is 1. The van der Waals surface area contributed by atoms with Gasteiger partial charge in [-0.2, -0.15) is 5.10 Å². The molecular weight excluding hydrogens is 341 g/mol. The number of fused-ring (bicyclic) bond motifs is 1. The highest BCUT2D eigenvalue weighted by atomic mass is 19.1. The van der Waals surface area contributed by atoms with Gasteiger partial charge in [0.2, 0.25) is 0 Å². The minimum Gasteiger partial charge on any atom is -0.382 e. The summed E-state index contributed by atoms with van der Waals surface area (Å²) >= 11 is 0. The molecule has 0 saturated carbocycles. The van der Waals surface area contributed by atoms with E-state index in [1.807, 2.05) is 36.4 Å². The summed E-state index contributed by atoms with van der Waals surface area (Å²) in [6.07, 6.45) is 8.33. The molecule has 2 N–H and O–H groups in total. The largest absolute Gasteiger partial charge is 0.382 e. The molecule has 0 fully saturated rings. The van der Waals surface area contributed by atoms with Gasteiger partial charge in [-0.05, 0) is 29.3 Å². The highest BCUT2D eigenvalue weighted by molar-refractivity contribution is 5.73. The highest BCUT2D eigenvalue weighted by Crippen LogP contribution is 2.42. The molecule has 4 nitrogen and oxygen atoms in total. The predicted octanol–water partition coefficient (Wildman–Crippen LogP) is 3.83. The fourth-order valence-electron chi connectivity index (χ4n) is 3.69. The number of benzene rings is 2. The SMILES string of the molecule is Nc1nn(C=CC=O)c2c1C=CC(c1ccccc1)(c1ccc(F)cc1)C2. The van der Waals surface area contributed by atoms with Crippen molar-refractivity contribution in [2.24, 2.45) is 0 Å². The number of aromatic nitrogens is 2. The van der Waals surface area contributed by atoms with Crippen molar-refractivity contribution in [2.45, 2.75) is 11.8 Å². The van der Waals surface area contributed by atoms with Crippen LogP contribution in [-0.4, -0.2) is 16.1 Å². The number of nitrogens with zero attached hydrogens (tertiary/aromatic N) is 2. The zero-order valence-corrected chi connectivity index (χ0v) is 14.5. The molecule has 3 aromatic rings. The lowest BCUT2D eigenvalue weighted by Crippen LogP contribution is -2.31. The fraction of sp³-hybridized carbons (Fsp3) is 0.0909. The quantitative estimate of drug-likeness (QED) is 0.569. The first kappa shape index (κ1) is 17.0. The fourth-order valence-corrected chi connectivity index (χ4v) is 3.69. The standard InChI is InChI=1S/C22H18FN3O/c23-18-9-7-17(8-10-18)22(16-5-2-1-3-6-16)12-11-19-20(15-22)26(13-4-14-27)25-21(19)24/h1-14H,15H2,(H2,24,25). The van der Waals surface area contributed by atoms with Crippen molar-refractivity contribution < 1.29 is 9.18 Å². The maximum atomic E-state index is 13.5. The number of carbonyl (C=O) groups excluding carboxylic acids is 1. The van der Waals surface area contributed by atoms with E-state index in [0.29, 0.717) is 18.5 Å². The number of rotatable bonds is 4. The van der Waals surface area contributed by atoms with Gasteiger partial charge in [0.15, 0.2) is 5.82 Å². The van der Waals surface area contributed by atoms with Crippen LogP contribution in [0.25, 0.3) is 12.3 Å². The molecule has 1 unspecified atom stereocenters. The van der Waals surface area contributed by atoms with E-state index >= 15 is 0 Å². The molecule has 2 aromatic carbocycles. The van der Waals surface area contributed by atoms with E-state index in [4.69, 9.17) is 5.73 Å². The lowest BCUT2D eigenvalue weighted by molar-refractivity contribution is -0.104. The van der Waals surface area contributed by atoms with Crippen LogP contribution in [0.15, 0.2) is 66.7 Å². The molecule has 0 amide bonds. The maximum absolute atomic E-state index is 13.5. The Hall–Kier alpha value is -3.47. The lowest BCUT2D eigenvalue weighted by atomic mass is 9.68. The van der Waals surface area contributed by atoms with Crippen molar-refractivity contribution in [3.05, 3.63) is 95.0 Å². The van der Waals surface area contributed by atoms with Crippen LogP contribution in [0.1, 0.15) is 22.4 Å². The third-order valence-corrected chi connectivity index (χ3v) is 5.01. The van der Waals surface area contributed by atoms with E-state index in [1.165, 1.54) is 18.2 Å². The molecule has 4 rings (SSSR count). The second-order valence-electron chi connectivity index (χ2n) is 6.52. The smallest absolute Gasteiger partial charge is 0.153 e. The van der Waals surface area contributed by atoms with Gasteiger partial charge in [0.1, 0.15) is 12.1 Å². The van der Waals surface area contributed by atoms with Crippen LogP contribution in [0.4, 0.5) is 10.2 Å². The van der Waals surface area contributed by atoms with Gasteiger partial charge in [-0.25, -0.2) is 9.07 Å². The monoisotopic (exact) mass is 359 g/mol. The van der Waals surface area contributed by atoms with Crippen LogP contribution >= 0.6 is 0 Å². The van der Waals surface area contributed by atoms with Crippen molar-refractivity contribution in [3.8, 4) is 0 Å². The topological polar surface area (TPSA) is 60.9 Å². The molecule has 0 spiro atoms. The van der Waals surface area contributed by atoms with Crippen molar-refractivity contribution in [1.82, 2.24) is 9.78 Å². The summed E-state index contributed by atoms with van der Waals surface area (Å²) in [5.41, 5.74) is 9.39. The number of allylic oxidation sites excluding steroid dienone is 2. The van der Waals surface area contributed by atoms with Gasteiger partial charge in [-0.15, -0.1) is 0 Å². The molecule has 1 aliphatic carbocycles. The van der Waals surface area contributed by atoms with E-state index in [0.717, 1.165) is 22.4 Å². The molecule has 1 atom stereocenters. The van der Waals surface area contributed by atoms with Crippen LogP contribution in [0.2, 0.25) is 0 Å². The molecule has 27 heavy (non-hydrogen) atoms. The van der Waals surface area contributed by atoms with Crippen molar-refractivity contribution in [2.75, 3.05) is 5.73 Å². The summed E-state index contributed by atoms with van der Waals surface area (Å²) in [6.45, 7) is 0. The Bertz CT molecular complexity index is 1040. The molecule has 1 aromatic heterocycles. The highest BCUT2D eigenvalue weighted by Gasteiger charge is 2.37. The van der Waals surface area contributed by atoms with Crippen molar-refractivity contribution in [3.63, 3.8) is 0 Å². The van der Waals surface area contributed by atoms with Gasteiger partial charge < -0.3 is 5.73 Å². The molecule has 0 radical (unpaired) electrons. The van der Waals surface area contributed by atoms with E-state index in [-0.39, 0.29) is 5.82 Å². The number of hydrogen-bond acceptors (Lipinski definition) is 3. The van der Waals surface area contributed by atoms with Gasteiger partial charge in [0.05, 0.1) is 5.69 Å². The van der Waals surface area contributed by atoms with E-state index in [9.17, 15) is 9.18 Å². The van der Waals surface area contributed by atoms with Gasteiger partial charge >= 0.3 is 0 Å². The van der Waals surface area contributed by atoms with Crippen LogP contribution in [0, 0.1) is 5.82 Å². The zero-order chi connectivity index (χ0) is 18.9. The number of aldehydes is 1. The Labute approximate surface area is 156 Å². The third kappa shape index (κ3) is 2.87. The molecular formula is C22H18FN3O. The molecule has 1 heterocycles. The summed E-state index contributed by atoms with van der Waals surface area (Å²) in [5, 5.41) is 4.33. The average Bonchev–Trinajstić information content (AvgIpc) is 3.02. The Morgan fingerprint density at radius 3 is 2.48 bits per heavy atom. The normalized spacial score (nSPS) is 18.6. The number of nitrogen functional groups attached to an aromatic ring is 1. The van der Waals surface area contributed by atoms with Gasteiger partial charge in [0, 0.05) is 23.6 Å². The lowest BCUT2D eigenvalue weighted by Gasteiger charge is -2.35. The Kier molecular flexibility index (Phi) is 4.20. The van der Waals surface area contributed by atoms with Crippen LogP contribution in [-0.2, 0) is 16.6 Å². The van der Waals surface area contributed by atoms with Crippen molar-refractivity contribution in [1.29, 1.82) is 0 Å². The second-order valence-corrected chi connectivity index (χ2v) is 6.52. The first-order valence-electron chi connectivity index (χ1n) is 8.64. The Morgan fingerprint density at radius 2 is 1.78 bits per heavy atom. The summed E-state index contributed by atoms with van der Waals surface area (Å²) in [7, 11) is 0. The molecule has 1 aliphatic rings. The second kappa shape index (κ2) is 6.68. The maximum Gasteiger partial charge on any atom is 0.153 e. The van der Waals surface area contributed by atoms with Crippen LogP contribution < -0.4 is 5.73 Å². The first-order chi connectivity index (χ1) is 13.1. The van der Waals surface area contributed by atoms with Gasteiger partial charge in [-0.3, -0.25) is 4.79 Å². The number of carbonyl (C=O) groups is 1. The summed E-state index contributed by atoms with van der Waals surface area (Å²) in [4.78, 5) is 10.7. The zero-order valence-electron chi connectivity index (χ0n) is 14.5. The average molecular weight is 359 g/mol. The third-order valence-electron chi connectivity index (χ3n) is 5.01.